The van der Waals surface area contributed by atoms with Gasteiger partial charge in [-0.3, -0.25) is 0 Å². The van der Waals surface area contributed by atoms with Crippen molar-refractivity contribution in [3.05, 3.63) is 29.8 Å². The van der Waals surface area contributed by atoms with Crippen molar-refractivity contribution in [3.63, 3.8) is 0 Å². The third kappa shape index (κ3) is 3.52. The molecule has 0 aliphatic carbocycles. The smallest absolute Gasteiger partial charge is 0.0826 e. The number of aliphatic hydroxyl groups is 1. The van der Waals surface area contributed by atoms with Gasteiger partial charge in [-0.25, -0.2) is 0 Å². The molecule has 3 heteroatoms. The molecule has 1 heterocycles. The Morgan fingerprint density at radius 2 is 2.10 bits per heavy atom. The van der Waals surface area contributed by atoms with Crippen molar-refractivity contribution < 1.29 is 5.11 Å². The number of nitrogens with zero attached hydrogens (tertiary/aromatic N) is 2. The molecule has 0 fully saturated rings. The zero-order chi connectivity index (χ0) is 14.6. The molecule has 0 saturated heterocycles. The summed E-state index contributed by atoms with van der Waals surface area (Å²) in [6.45, 7) is 5.92. The van der Waals surface area contributed by atoms with E-state index < -0.39 is 0 Å². The summed E-state index contributed by atoms with van der Waals surface area (Å²) < 4.78 is 0. The van der Waals surface area contributed by atoms with E-state index in [-0.39, 0.29) is 11.5 Å². The minimum Gasteiger partial charge on any atom is -0.388 e. The van der Waals surface area contributed by atoms with E-state index in [9.17, 15) is 5.11 Å². The lowest BCUT2D eigenvalue weighted by atomic mass is 9.89. The van der Waals surface area contributed by atoms with Crippen LogP contribution in [-0.2, 0) is 0 Å². The molecule has 1 N–H and O–H groups in total. The highest BCUT2D eigenvalue weighted by atomic mass is 16.3. The van der Waals surface area contributed by atoms with Gasteiger partial charge >= 0.3 is 0 Å². The van der Waals surface area contributed by atoms with E-state index in [1.165, 1.54) is 5.69 Å². The summed E-state index contributed by atoms with van der Waals surface area (Å²) in [5.74, 6) is 0. The highest BCUT2D eigenvalue weighted by Gasteiger charge is 2.23. The average Bonchev–Trinajstić information content (AvgIpc) is 2.46. The molecular weight excluding hydrogens is 248 g/mol. The minimum atomic E-state index is -0.319. The molecular formula is C17H24N2O. The monoisotopic (exact) mass is 272 g/mol. The van der Waals surface area contributed by atoms with Crippen molar-refractivity contribution in [1.29, 1.82) is 5.26 Å². The van der Waals surface area contributed by atoms with Crippen molar-refractivity contribution in [2.75, 3.05) is 18.0 Å². The Balaban J connectivity index is 1.89. The Morgan fingerprint density at radius 3 is 2.85 bits per heavy atom. The second-order valence-corrected chi connectivity index (χ2v) is 6.30. The zero-order valence-corrected chi connectivity index (χ0v) is 12.5. The predicted molar refractivity (Wildman–Crippen MR) is 81.5 cm³/mol. The van der Waals surface area contributed by atoms with Crippen LogP contribution in [0.2, 0.25) is 0 Å². The molecule has 1 atom stereocenters. The lowest BCUT2D eigenvalue weighted by Crippen LogP contribution is -2.32. The third-order valence-corrected chi connectivity index (χ3v) is 4.09. The number of fused-ring (bicyclic) bond motifs is 1. The molecule has 0 amide bonds. The molecule has 0 bridgehead atoms. The first-order valence-corrected chi connectivity index (χ1v) is 7.47. The van der Waals surface area contributed by atoms with E-state index in [1.54, 1.807) is 0 Å². The molecule has 0 saturated carbocycles. The first-order chi connectivity index (χ1) is 9.53. The fourth-order valence-corrected chi connectivity index (χ4v) is 2.77. The van der Waals surface area contributed by atoms with Gasteiger partial charge in [-0.05, 0) is 39.2 Å². The van der Waals surface area contributed by atoms with Crippen molar-refractivity contribution in [2.45, 2.75) is 45.6 Å². The number of rotatable bonds is 5. The van der Waals surface area contributed by atoms with E-state index in [0.717, 1.165) is 44.3 Å². The molecule has 2 rings (SSSR count). The van der Waals surface area contributed by atoms with E-state index in [0.29, 0.717) is 0 Å². The second-order valence-electron chi connectivity index (χ2n) is 6.30. The molecule has 3 nitrogen and oxygen atoms in total. The Labute approximate surface area is 121 Å². The first-order valence-electron chi connectivity index (χ1n) is 7.47. The number of nitriles is 1. The third-order valence-electron chi connectivity index (χ3n) is 4.09. The second kappa shape index (κ2) is 6.28. The fourth-order valence-electron chi connectivity index (χ4n) is 2.77. The largest absolute Gasteiger partial charge is 0.388 e. The molecule has 1 aliphatic heterocycles. The summed E-state index contributed by atoms with van der Waals surface area (Å²) in [5, 5.41) is 19.0. The highest BCUT2D eigenvalue weighted by Crippen LogP contribution is 2.33. The lowest BCUT2D eigenvalue weighted by Gasteiger charge is -2.34. The molecule has 1 unspecified atom stereocenters. The van der Waals surface area contributed by atoms with Crippen LogP contribution in [0.15, 0.2) is 24.3 Å². The van der Waals surface area contributed by atoms with Crippen LogP contribution in [0, 0.1) is 16.7 Å². The van der Waals surface area contributed by atoms with E-state index in [2.05, 4.69) is 17.0 Å². The maximum atomic E-state index is 10.0. The standard InChI is InChI=1S/C17H24N2O/c1-17(2,13-18)10-5-6-11-19-12-9-16(20)14-7-3-4-8-15(14)19/h3-4,7-8,16,20H,5-6,9-12H2,1-2H3. The SMILES string of the molecule is CC(C)(C#N)CCCCN1CCC(O)c2ccccc21. The number of unbranched alkanes of at least 4 members (excludes halogenated alkanes) is 1. The van der Waals surface area contributed by atoms with Gasteiger partial charge in [0.25, 0.3) is 0 Å². The zero-order valence-electron chi connectivity index (χ0n) is 12.5. The summed E-state index contributed by atoms with van der Waals surface area (Å²) in [7, 11) is 0. The Hall–Kier alpha value is -1.53. The van der Waals surface area contributed by atoms with Crippen LogP contribution in [0.4, 0.5) is 5.69 Å². The molecule has 1 aromatic rings. The molecule has 0 radical (unpaired) electrons. The Bertz CT molecular complexity index is 490. The van der Waals surface area contributed by atoms with Crippen LogP contribution >= 0.6 is 0 Å². The average molecular weight is 272 g/mol. The molecule has 1 aromatic carbocycles. The summed E-state index contributed by atoms with van der Waals surface area (Å²) in [4.78, 5) is 2.36. The fraction of sp³-hybridized carbons (Fsp3) is 0.588. The van der Waals surface area contributed by atoms with Gasteiger partial charge in [0.05, 0.1) is 17.6 Å². The van der Waals surface area contributed by atoms with Crippen LogP contribution in [-0.4, -0.2) is 18.2 Å². The Kier molecular flexibility index (Phi) is 4.67. The Morgan fingerprint density at radius 1 is 1.35 bits per heavy atom. The maximum absolute atomic E-state index is 10.0. The van der Waals surface area contributed by atoms with Crippen molar-refractivity contribution in [3.8, 4) is 6.07 Å². The van der Waals surface area contributed by atoms with Crippen molar-refractivity contribution >= 4 is 5.69 Å². The molecule has 108 valence electrons. The number of para-hydroxylation sites is 1. The van der Waals surface area contributed by atoms with Crippen LogP contribution in [0.1, 0.15) is 51.2 Å². The maximum Gasteiger partial charge on any atom is 0.0826 e. The van der Waals surface area contributed by atoms with Gasteiger partial charge in [0.1, 0.15) is 0 Å². The highest BCUT2D eigenvalue weighted by molar-refractivity contribution is 5.56. The van der Waals surface area contributed by atoms with Crippen molar-refractivity contribution in [1.82, 2.24) is 0 Å². The van der Waals surface area contributed by atoms with Gasteiger partial charge in [0.15, 0.2) is 0 Å². The normalized spacial score (nSPS) is 18.5. The van der Waals surface area contributed by atoms with Gasteiger partial charge in [0.2, 0.25) is 0 Å². The number of hydrogen-bond donors (Lipinski definition) is 1. The van der Waals surface area contributed by atoms with Gasteiger partial charge in [-0.2, -0.15) is 5.26 Å². The number of aliphatic hydroxyl groups excluding tert-OH is 1. The molecule has 0 aromatic heterocycles. The summed E-state index contributed by atoms with van der Waals surface area (Å²) in [5.41, 5.74) is 2.01. The van der Waals surface area contributed by atoms with Crippen LogP contribution in [0.25, 0.3) is 0 Å². The topological polar surface area (TPSA) is 47.3 Å². The number of benzene rings is 1. The summed E-state index contributed by atoms with van der Waals surface area (Å²) >= 11 is 0. The van der Waals surface area contributed by atoms with Gasteiger partial charge in [-0.1, -0.05) is 24.6 Å². The van der Waals surface area contributed by atoms with Gasteiger partial charge in [0, 0.05) is 24.3 Å². The number of anilines is 1. The van der Waals surface area contributed by atoms with E-state index in [1.807, 2.05) is 32.0 Å². The van der Waals surface area contributed by atoms with Crippen LogP contribution < -0.4 is 4.90 Å². The van der Waals surface area contributed by atoms with E-state index >= 15 is 0 Å². The summed E-state index contributed by atoms with van der Waals surface area (Å²) in [6, 6.07) is 10.5. The van der Waals surface area contributed by atoms with Gasteiger partial charge in [-0.15, -0.1) is 0 Å². The van der Waals surface area contributed by atoms with Crippen LogP contribution in [0.5, 0.6) is 0 Å². The lowest BCUT2D eigenvalue weighted by molar-refractivity contribution is 0.164. The molecule has 20 heavy (non-hydrogen) atoms. The predicted octanol–water partition coefficient (Wildman–Crippen LogP) is 3.65. The number of hydrogen-bond acceptors (Lipinski definition) is 3. The first kappa shape index (κ1) is 14.9. The molecule has 1 aliphatic rings. The minimum absolute atomic E-state index is 0.212. The van der Waals surface area contributed by atoms with Crippen LogP contribution in [0.3, 0.4) is 0 Å². The quantitative estimate of drug-likeness (QED) is 0.832. The van der Waals surface area contributed by atoms with Crippen molar-refractivity contribution in [2.24, 2.45) is 5.41 Å². The van der Waals surface area contributed by atoms with E-state index in [4.69, 9.17) is 5.26 Å². The van der Waals surface area contributed by atoms with Gasteiger partial charge < -0.3 is 10.0 Å². The summed E-state index contributed by atoms with van der Waals surface area (Å²) in [6.07, 6.45) is 3.60. The molecule has 0 spiro atoms.